The molecule has 1 aromatic heterocycles. The van der Waals surface area contributed by atoms with Crippen molar-refractivity contribution >= 4 is 29.8 Å². The number of carbonyl (C=O) groups excluding carboxylic acids is 4. The average Bonchev–Trinajstić information content (AvgIpc) is 2.89. The molecule has 158 valence electrons. The number of aromatic nitrogens is 2. The lowest BCUT2D eigenvalue weighted by atomic mass is 10.1. The maximum Gasteiger partial charge on any atom is 0.303 e. The van der Waals surface area contributed by atoms with Crippen LogP contribution in [0.5, 0.6) is 0 Å². The number of hydrogen-bond donors (Lipinski definition) is 1. The van der Waals surface area contributed by atoms with Gasteiger partial charge in [0.1, 0.15) is 12.7 Å². The zero-order valence-electron chi connectivity index (χ0n) is 16.2. The number of nitrogens with zero attached hydrogens (tertiary/aromatic N) is 2. The van der Waals surface area contributed by atoms with Gasteiger partial charge in [-0.3, -0.25) is 33.9 Å². The quantitative estimate of drug-likeness (QED) is 0.480. The fourth-order valence-electron chi connectivity index (χ4n) is 2.79. The highest BCUT2D eigenvalue weighted by Gasteiger charge is 2.51. The third kappa shape index (κ3) is 5.85. The number of hydrogen-bond acceptors (Lipinski definition) is 10. The Morgan fingerprint density at radius 3 is 2.24 bits per heavy atom. The molecule has 1 aliphatic heterocycles. The van der Waals surface area contributed by atoms with Gasteiger partial charge in [0.05, 0.1) is 0 Å². The van der Waals surface area contributed by atoms with Gasteiger partial charge in [-0.2, -0.15) is 4.98 Å². The number of carbonyl (C=O) groups is 4. The van der Waals surface area contributed by atoms with E-state index in [0.717, 1.165) is 19.9 Å². The molecule has 1 amide bonds. The van der Waals surface area contributed by atoms with E-state index in [1.54, 1.807) is 0 Å². The second-order valence-corrected chi connectivity index (χ2v) is 6.19. The molecular formula is C17H21N3O9. The Kier molecular flexibility index (Phi) is 7.04. The van der Waals surface area contributed by atoms with Crippen molar-refractivity contribution in [2.45, 2.75) is 52.2 Å². The van der Waals surface area contributed by atoms with Crippen LogP contribution in [-0.4, -0.2) is 58.3 Å². The van der Waals surface area contributed by atoms with Crippen molar-refractivity contribution in [3.8, 4) is 0 Å². The number of esters is 3. The summed E-state index contributed by atoms with van der Waals surface area (Å²) >= 11 is 0. The highest BCUT2D eigenvalue weighted by atomic mass is 16.7. The van der Waals surface area contributed by atoms with Crippen LogP contribution in [0, 0.1) is 0 Å². The smallest absolute Gasteiger partial charge is 0.303 e. The van der Waals surface area contributed by atoms with Gasteiger partial charge >= 0.3 is 17.9 Å². The van der Waals surface area contributed by atoms with Crippen LogP contribution in [0.25, 0.3) is 0 Å². The van der Waals surface area contributed by atoms with Crippen LogP contribution in [0.15, 0.2) is 17.1 Å². The van der Waals surface area contributed by atoms with E-state index >= 15 is 0 Å². The highest BCUT2D eigenvalue weighted by molar-refractivity contribution is 5.86. The lowest BCUT2D eigenvalue weighted by Crippen LogP contribution is -2.40. The normalized spacial score (nSPS) is 23.2. The first-order valence-electron chi connectivity index (χ1n) is 8.58. The molecule has 1 aliphatic rings. The Morgan fingerprint density at radius 1 is 1.07 bits per heavy atom. The standard InChI is InChI=1S/C17H21N3O9/c1-8(21)18-17-19-13(25)5-6-20(17)16-15(28-11(4)24)14(27-10(3)23)12(29-16)7-26-9(2)22/h5-6,12,14-16H,7H2,1-4H3,(H,18,19,21,25)/t12-,14-,15-,16-/m1/s1. The first-order valence-corrected chi connectivity index (χ1v) is 8.58. The van der Waals surface area contributed by atoms with Crippen LogP contribution >= 0.6 is 0 Å². The number of rotatable bonds is 6. The minimum atomic E-state index is -1.17. The summed E-state index contributed by atoms with van der Waals surface area (Å²) in [6.45, 7) is 4.43. The Labute approximate surface area is 165 Å². The van der Waals surface area contributed by atoms with Gasteiger partial charge in [-0.05, 0) is 0 Å². The molecule has 0 radical (unpaired) electrons. The van der Waals surface area contributed by atoms with Gasteiger partial charge < -0.3 is 18.9 Å². The van der Waals surface area contributed by atoms with Crippen LogP contribution in [-0.2, 0) is 38.1 Å². The molecule has 0 aromatic carbocycles. The van der Waals surface area contributed by atoms with E-state index in [4.69, 9.17) is 18.9 Å². The van der Waals surface area contributed by atoms with Crippen LogP contribution in [0.3, 0.4) is 0 Å². The van der Waals surface area contributed by atoms with E-state index in [0.29, 0.717) is 0 Å². The Bertz CT molecular complexity index is 866. The van der Waals surface area contributed by atoms with Crippen molar-refractivity contribution in [2.24, 2.45) is 0 Å². The van der Waals surface area contributed by atoms with Crippen LogP contribution in [0.2, 0.25) is 0 Å². The molecule has 1 N–H and O–H groups in total. The summed E-state index contributed by atoms with van der Waals surface area (Å²) in [7, 11) is 0. The summed E-state index contributed by atoms with van der Waals surface area (Å²) < 4.78 is 22.6. The van der Waals surface area contributed by atoms with Gasteiger partial charge in [0.25, 0.3) is 5.56 Å². The zero-order chi connectivity index (χ0) is 21.7. The van der Waals surface area contributed by atoms with Gasteiger partial charge in [-0.1, -0.05) is 0 Å². The SMILES string of the molecule is CC(=O)Nc1nc(=O)ccn1[C@@H]1O[C@H](COC(C)=O)[C@@H](OC(C)=O)[C@H]1OC(C)=O. The van der Waals surface area contributed by atoms with Crippen molar-refractivity contribution in [3.05, 3.63) is 22.6 Å². The van der Waals surface area contributed by atoms with Crippen LogP contribution in [0.1, 0.15) is 33.9 Å². The van der Waals surface area contributed by atoms with E-state index in [-0.39, 0.29) is 12.6 Å². The topological polar surface area (TPSA) is 152 Å². The van der Waals surface area contributed by atoms with Crippen molar-refractivity contribution in [1.29, 1.82) is 0 Å². The van der Waals surface area contributed by atoms with Crippen molar-refractivity contribution in [3.63, 3.8) is 0 Å². The molecular weight excluding hydrogens is 390 g/mol. The molecule has 12 nitrogen and oxygen atoms in total. The Balaban J connectivity index is 2.48. The van der Waals surface area contributed by atoms with Gasteiger partial charge in [0, 0.05) is 40.0 Å². The molecule has 0 unspecified atom stereocenters. The molecule has 1 aromatic rings. The predicted octanol–water partition coefficient (Wildman–Crippen LogP) is -0.474. The summed E-state index contributed by atoms with van der Waals surface area (Å²) in [5.74, 6) is -2.63. The number of nitrogens with one attached hydrogen (secondary N) is 1. The molecule has 0 aliphatic carbocycles. The summed E-state index contributed by atoms with van der Waals surface area (Å²) in [5, 5.41) is 2.38. The number of amides is 1. The summed E-state index contributed by atoms with van der Waals surface area (Å²) in [6.07, 6.45) is -3.14. The number of anilines is 1. The van der Waals surface area contributed by atoms with Crippen LogP contribution < -0.4 is 10.9 Å². The van der Waals surface area contributed by atoms with Gasteiger partial charge in [0.2, 0.25) is 11.9 Å². The summed E-state index contributed by atoms with van der Waals surface area (Å²) in [6, 6.07) is 1.11. The zero-order valence-corrected chi connectivity index (χ0v) is 16.2. The monoisotopic (exact) mass is 411 g/mol. The van der Waals surface area contributed by atoms with Crippen molar-refractivity contribution in [1.82, 2.24) is 9.55 Å². The van der Waals surface area contributed by atoms with Crippen molar-refractivity contribution in [2.75, 3.05) is 11.9 Å². The number of ether oxygens (including phenoxy) is 4. The first kappa shape index (κ1) is 22.0. The Morgan fingerprint density at radius 2 is 1.69 bits per heavy atom. The fourth-order valence-corrected chi connectivity index (χ4v) is 2.79. The average molecular weight is 411 g/mol. The minimum absolute atomic E-state index is 0.165. The van der Waals surface area contributed by atoms with E-state index in [1.807, 2.05) is 0 Å². The molecule has 0 spiro atoms. The lowest BCUT2D eigenvalue weighted by molar-refractivity contribution is -0.166. The largest absolute Gasteiger partial charge is 0.463 e. The second kappa shape index (κ2) is 9.28. The minimum Gasteiger partial charge on any atom is -0.463 e. The molecule has 0 saturated carbocycles. The molecule has 29 heavy (non-hydrogen) atoms. The first-order chi connectivity index (χ1) is 13.6. The molecule has 2 rings (SSSR count). The van der Waals surface area contributed by atoms with E-state index in [1.165, 1.54) is 24.6 Å². The molecule has 2 heterocycles. The third-order valence-electron chi connectivity index (χ3n) is 3.74. The van der Waals surface area contributed by atoms with Gasteiger partial charge in [-0.15, -0.1) is 0 Å². The Hall–Kier alpha value is -3.28. The van der Waals surface area contributed by atoms with Crippen molar-refractivity contribution < 1.29 is 38.1 Å². The molecule has 0 bridgehead atoms. The molecule has 1 saturated heterocycles. The highest BCUT2D eigenvalue weighted by Crippen LogP contribution is 2.35. The van der Waals surface area contributed by atoms with Gasteiger partial charge in [0.15, 0.2) is 18.4 Å². The predicted molar refractivity (Wildman–Crippen MR) is 94.5 cm³/mol. The maximum absolute atomic E-state index is 11.6. The second-order valence-electron chi connectivity index (χ2n) is 6.19. The summed E-state index contributed by atoms with van der Waals surface area (Å²) in [4.78, 5) is 61.2. The maximum atomic E-state index is 11.6. The fraction of sp³-hybridized carbons (Fsp3) is 0.529. The molecule has 4 atom stereocenters. The van der Waals surface area contributed by atoms with Crippen LogP contribution in [0.4, 0.5) is 5.95 Å². The molecule has 12 heteroatoms. The lowest BCUT2D eigenvalue weighted by Gasteiger charge is -2.25. The van der Waals surface area contributed by atoms with E-state index in [9.17, 15) is 24.0 Å². The summed E-state index contributed by atoms with van der Waals surface area (Å²) in [5.41, 5.74) is -0.625. The molecule has 1 fully saturated rings. The van der Waals surface area contributed by atoms with Gasteiger partial charge in [-0.25, -0.2) is 0 Å². The van der Waals surface area contributed by atoms with E-state index < -0.39 is 53.9 Å². The third-order valence-corrected chi connectivity index (χ3v) is 3.74. The van der Waals surface area contributed by atoms with E-state index in [2.05, 4.69) is 10.3 Å².